The van der Waals surface area contributed by atoms with Gasteiger partial charge in [0.05, 0.1) is 11.5 Å². The second kappa shape index (κ2) is 7.89. The number of rotatable bonds is 6. The molecule has 1 aromatic carbocycles. The third-order valence-electron chi connectivity index (χ3n) is 5.14. The summed E-state index contributed by atoms with van der Waals surface area (Å²) in [7, 11) is 1.76. The number of aliphatic hydroxyl groups is 1. The topological polar surface area (TPSA) is 64.3 Å². The highest BCUT2D eigenvalue weighted by Gasteiger charge is 2.22. The number of para-hydroxylation sites is 1. The minimum atomic E-state index is -0.648. The average molecular weight is 417 g/mol. The number of benzene rings is 1. The van der Waals surface area contributed by atoms with Crippen LogP contribution >= 0.6 is 23.1 Å². The molecule has 0 amide bonds. The number of nitrogens with zero attached hydrogens (tertiary/aromatic N) is 2. The second-order valence-electron chi connectivity index (χ2n) is 7.29. The van der Waals surface area contributed by atoms with Gasteiger partial charge in [-0.3, -0.25) is 9.36 Å². The van der Waals surface area contributed by atoms with E-state index in [1.807, 2.05) is 32.0 Å². The number of aryl methyl sites for hydroxylation is 4. The largest absolute Gasteiger partial charge is 0.490 e. The highest BCUT2D eigenvalue weighted by Crippen LogP contribution is 2.35. The summed E-state index contributed by atoms with van der Waals surface area (Å²) >= 11 is 3.04. The lowest BCUT2D eigenvalue weighted by Crippen LogP contribution is -2.23. The standard InChI is InChI=1S/C21H24N2O3S2/c1-12-6-4-7-13(2)18(12)26-10-14(24)11-27-21-22-19-17(20(25)23(21)3)15-8-5-9-16(15)28-19/h4,6-7,14,24H,5,8-11H2,1-3H3/t14-/m1/s1. The molecular weight excluding hydrogens is 392 g/mol. The lowest BCUT2D eigenvalue weighted by atomic mass is 10.1. The van der Waals surface area contributed by atoms with Crippen molar-refractivity contribution in [1.29, 1.82) is 0 Å². The quantitative estimate of drug-likeness (QED) is 0.491. The van der Waals surface area contributed by atoms with E-state index in [1.54, 1.807) is 23.0 Å². The molecule has 148 valence electrons. The van der Waals surface area contributed by atoms with Gasteiger partial charge in [0.25, 0.3) is 5.56 Å². The van der Waals surface area contributed by atoms with Crippen LogP contribution in [-0.4, -0.2) is 33.1 Å². The molecule has 0 saturated heterocycles. The second-order valence-corrected chi connectivity index (χ2v) is 9.36. The fourth-order valence-electron chi connectivity index (χ4n) is 3.66. The van der Waals surface area contributed by atoms with Gasteiger partial charge in [0.1, 0.15) is 17.2 Å². The first kappa shape index (κ1) is 19.5. The Morgan fingerprint density at radius 3 is 2.82 bits per heavy atom. The van der Waals surface area contributed by atoms with Crippen molar-refractivity contribution in [3.63, 3.8) is 0 Å². The van der Waals surface area contributed by atoms with Crippen molar-refractivity contribution >= 4 is 33.3 Å². The molecule has 2 heterocycles. The lowest BCUT2D eigenvalue weighted by Gasteiger charge is -2.15. The summed E-state index contributed by atoms with van der Waals surface area (Å²) < 4.78 is 7.44. The molecule has 1 atom stereocenters. The van der Waals surface area contributed by atoms with Crippen LogP contribution in [0.15, 0.2) is 28.2 Å². The van der Waals surface area contributed by atoms with E-state index in [0.29, 0.717) is 10.9 Å². The average Bonchev–Trinajstić information content (AvgIpc) is 3.23. The number of aliphatic hydroxyl groups excluding tert-OH is 1. The van der Waals surface area contributed by atoms with E-state index >= 15 is 0 Å². The van der Waals surface area contributed by atoms with Gasteiger partial charge in [-0.2, -0.15) is 0 Å². The van der Waals surface area contributed by atoms with Gasteiger partial charge in [-0.25, -0.2) is 4.98 Å². The van der Waals surface area contributed by atoms with Gasteiger partial charge in [0.2, 0.25) is 0 Å². The Labute approximate surface area is 172 Å². The van der Waals surface area contributed by atoms with Crippen LogP contribution in [0.1, 0.15) is 28.0 Å². The van der Waals surface area contributed by atoms with Gasteiger partial charge in [-0.05, 0) is 49.8 Å². The number of fused-ring (bicyclic) bond motifs is 3. The molecule has 28 heavy (non-hydrogen) atoms. The zero-order chi connectivity index (χ0) is 19.8. The Kier molecular flexibility index (Phi) is 5.49. The molecule has 3 aromatic rings. The molecular formula is C21H24N2O3S2. The lowest BCUT2D eigenvalue weighted by molar-refractivity contribution is 0.125. The van der Waals surface area contributed by atoms with Gasteiger partial charge >= 0.3 is 0 Å². The molecule has 0 bridgehead atoms. The highest BCUT2D eigenvalue weighted by molar-refractivity contribution is 7.99. The summed E-state index contributed by atoms with van der Waals surface area (Å²) in [5.74, 6) is 1.24. The number of hydrogen-bond donors (Lipinski definition) is 1. The number of aromatic nitrogens is 2. The molecule has 5 nitrogen and oxygen atoms in total. The van der Waals surface area contributed by atoms with E-state index < -0.39 is 6.10 Å². The minimum Gasteiger partial charge on any atom is -0.490 e. The zero-order valence-corrected chi connectivity index (χ0v) is 18.0. The Bertz CT molecular complexity index is 1070. The van der Waals surface area contributed by atoms with E-state index in [1.165, 1.54) is 22.2 Å². The van der Waals surface area contributed by atoms with Gasteiger partial charge in [0, 0.05) is 17.7 Å². The van der Waals surface area contributed by atoms with Crippen LogP contribution < -0.4 is 10.3 Å². The van der Waals surface area contributed by atoms with Crippen LogP contribution in [-0.2, 0) is 19.9 Å². The summed E-state index contributed by atoms with van der Waals surface area (Å²) in [6.45, 7) is 4.20. The Morgan fingerprint density at radius 1 is 1.32 bits per heavy atom. The maximum Gasteiger partial charge on any atom is 0.262 e. The number of ether oxygens (including phenoxy) is 1. The summed E-state index contributed by atoms with van der Waals surface area (Å²) in [5, 5.41) is 11.8. The van der Waals surface area contributed by atoms with Crippen LogP contribution in [0.3, 0.4) is 0 Å². The summed E-state index contributed by atoms with van der Waals surface area (Å²) in [6.07, 6.45) is 2.51. The van der Waals surface area contributed by atoms with Crippen LogP contribution in [0.2, 0.25) is 0 Å². The van der Waals surface area contributed by atoms with E-state index in [0.717, 1.165) is 46.4 Å². The SMILES string of the molecule is Cc1cccc(C)c1OC[C@@H](O)CSc1nc2sc3c(c2c(=O)n1C)CCC3. The summed E-state index contributed by atoms with van der Waals surface area (Å²) in [5.41, 5.74) is 3.33. The Balaban J connectivity index is 1.45. The van der Waals surface area contributed by atoms with Crippen molar-refractivity contribution in [2.24, 2.45) is 7.05 Å². The van der Waals surface area contributed by atoms with Crippen molar-refractivity contribution < 1.29 is 9.84 Å². The number of thiophene rings is 1. The predicted octanol–water partition coefficient (Wildman–Crippen LogP) is 3.63. The van der Waals surface area contributed by atoms with Crippen LogP contribution in [0, 0.1) is 13.8 Å². The van der Waals surface area contributed by atoms with Crippen molar-refractivity contribution in [3.8, 4) is 5.75 Å². The van der Waals surface area contributed by atoms with Crippen LogP contribution in [0.4, 0.5) is 0 Å². The maximum absolute atomic E-state index is 12.8. The van der Waals surface area contributed by atoms with Crippen LogP contribution in [0.5, 0.6) is 5.75 Å². The molecule has 2 aromatic heterocycles. The highest BCUT2D eigenvalue weighted by atomic mass is 32.2. The van der Waals surface area contributed by atoms with Gasteiger partial charge in [-0.15, -0.1) is 11.3 Å². The van der Waals surface area contributed by atoms with Crippen molar-refractivity contribution in [2.45, 2.75) is 44.4 Å². The molecule has 0 unspecified atom stereocenters. The molecule has 0 spiro atoms. The van der Waals surface area contributed by atoms with Crippen molar-refractivity contribution in [1.82, 2.24) is 9.55 Å². The Hall–Kier alpha value is -1.83. The van der Waals surface area contributed by atoms with Crippen LogP contribution in [0.25, 0.3) is 10.2 Å². The minimum absolute atomic E-state index is 0.0215. The van der Waals surface area contributed by atoms with E-state index in [4.69, 9.17) is 9.72 Å². The van der Waals surface area contributed by atoms with Gasteiger partial charge in [-0.1, -0.05) is 30.0 Å². The normalized spacial score (nSPS) is 14.4. The first-order chi connectivity index (χ1) is 13.5. The summed E-state index contributed by atoms with van der Waals surface area (Å²) in [6, 6.07) is 5.99. The molecule has 1 N–H and O–H groups in total. The van der Waals surface area contributed by atoms with E-state index in [9.17, 15) is 9.90 Å². The monoisotopic (exact) mass is 416 g/mol. The Morgan fingerprint density at radius 2 is 2.07 bits per heavy atom. The first-order valence-corrected chi connectivity index (χ1v) is 11.3. The molecule has 7 heteroatoms. The third-order valence-corrected chi connectivity index (χ3v) is 7.50. The molecule has 1 aliphatic carbocycles. The smallest absolute Gasteiger partial charge is 0.262 e. The zero-order valence-electron chi connectivity index (χ0n) is 16.3. The molecule has 1 aliphatic rings. The van der Waals surface area contributed by atoms with E-state index in [-0.39, 0.29) is 12.2 Å². The number of hydrogen-bond acceptors (Lipinski definition) is 6. The third kappa shape index (κ3) is 3.58. The van der Waals surface area contributed by atoms with Crippen molar-refractivity contribution in [2.75, 3.05) is 12.4 Å². The molecule has 0 aliphatic heterocycles. The van der Waals surface area contributed by atoms with E-state index in [2.05, 4.69) is 0 Å². The van der Waals surface area contributed by atoms with Gasteiger partial charge in [0.15, 0.2) is 5.16 Å². The first-order valence-electron chi connectivity index (χ1n) is 9.47. The molecule has 0 radical (unpaired) electrons. The molecule has 0 saturated carbocycles. The fourth-order valence-corrected chi connectivity index (χ4v) is 5.84. The summed E-state index contributed by atoms with van der Waals surface area (Å²) in [4.78, 5) is 19.7. The fraction of sp³-hybridized carbons (Fsp3) is 0.429. The molecule has 4 rings (SSSR count). The maximum atomic E-state index is 12.8. The number of thioether (sulfide) groups is 1. The van der Waals surface area contributed by atoms with Gasteiger partial charge < -0.3 is 9.84 Å². The van der Waals surface area contributed by atoms with Crippen molar-refractivity contribution in [3.05, 3.63) is 50.1 Å². The predicted molar refractivity (Wildman–Crippen MR) is 115 cm³/mol. The molecule has 0 fully saturated rings.